The Morgan fingerprint density at radius 2 is 1.59 bits per heavy atom. The van der Waals surface area contributed by atoms with Gasteiger partial charge in [0, 0.05) is 19.5 Å². The third-order valence-electron chi connectivity index (χ3n) is 6.13. The molecule has 1 aromatic heterocycles. The van der Waals surface area contributed by atoms with E-state index in [4.69, 9.17) is 9.47 Å². The van der Waals surface area contributed by atoms with Crippen molar-refractivity contribution in [1.29, 1.82) is 0 Å². The molecular weight excluding hydrogens is 477 g/mol. The lowest BCUT2D eigenvalue weighted by Crippen LogP contribution is -2.41. The van der Waals surface area contributed by atoms with Crippen LogP contribution in [0.3, 0.4) is 0 Å². The van der Waals surface area contributed by atoms with E-state index in [1.807, 2.05) is 12.1 Å². The van der Waals surface area contributed by atoms with Gasteiger partial charge in [-0.3, -0.25) is 18.7 Å². The van der Waals surface area contributed by atoms with Gasteiger partial charge in [0.05, 0.1) is 31.7 Å². The van der Waals surface area contributed by atoms with E-state index in [1.165, 1.54) is 16.7 Å². The van der Waals surface area contributed by atoms with E-state index >= 15 is 0 Å². The van der Waals surface area contributed by atoms with E-state index in [1.54, 1.807) is 56.7 Å². The highest BCUT2D eigenvalue weighted by molar-refractivity contribution is 5.78. The Balaban J connectivity index is 1.47. The number of amides is 1. The number of ether oxygens (including phenoxy) is 2. The van der Waals surface area contributed by atoms with E-state index < -0.39 is 11.2 Å². The minimum absolute atomic E-state index is 0.0318. The molecule has 0 fully saturated rings. The van der Waals surface area contributed by atoms with Crippen molar-refractivity contribution in [3.8, 4) is 11.5 Å². The lowest BCUT2D eigenvalue weighted by molar-refractivity contribution is -0.121. The molecule has 0 atom stereocenters. The number of hydrogen-bond donors (Lipinski definition) is 1. The lowest BCUT2D eigenvalue weighted by atomic mass is 10.1. The number of carbonyl (C=O) groups is 1. The molecule has 8 nitrogen and oxygen atoms in total. The van der Waals surface area contributed by atoms with Gasteiger partial charge in [0.1, 0.15) is 5.82 Å². The van der Waals surface area contributed by atoms with Crippen LogP contribution < -0.4 is 26.0 Å². The molecule has 0 radical (unpaired) electrons. The van der Waals surface area contributed by atoms with Crippen LogP contribution in [0, 0.1) is 5.82 Å². The number of carbonyl (C=O) groups excluding carboxylic acids is 1. The molecule has 0 spiro atoms. The molecule has 1 N–H and O–H groups in total. The topological polar surface area (TPSA) is 91.6 Å². The molecule has 1 amide bonds. The van der Waals surface area contributed by atoms with Crippen molar-refractivity contribution < 1.29 is 18.7 Å². The van der Waals surface area contributed by atoms with Crippen molar-refractivity contribution in [2.75, 3.05) is 20.8 Å². The smallest absolute Gasteiger partial charge is 0.331 e. The fraction of sp³-hybridized carbons (Fsp3) is 0.250. The van der Waals surface area contributed by atoms with Crippen LogP contribution >= 0.6 is 0 Å². The second-order valence-electron chi connectivity index (χ2n) is 8.51. The molecule has 37 heavy (non-hydrogen) atoms. The Labute approximate surface area is 212 Å². The SMILES string of the molecule is COc1ccc(CCNC(=O)CCn2c(=O)c3ccccc3n(Cc3ccc(F)cc3)c2=O)cc1OC. The van der Waals surface area contributed by atoms with Crippen LogP contribution in [-0.2, 0) is 24.3 Å². The van der Waals surface area contributed by atoms with Crippen molar-refractivity contribution in [3.05, 3.63) is 105 Å². The summed E-state index contributed by atoms with van der Waals surface area (Å²) in [4.78, 5) is 38.9. The molecule has 4 aromatic rings. The zero-order valence-electron chi connectivity index (χ0n) is 20.7. The predicted octanol–water partition coefficient (Wildman–Crippen LogP) is 3.12. The first kappa shape index (κ1) is 25.7. The first-order chi connectivity index (χ1) is 17.9. The van der Waals surface area contributed by atoms with Crippen molar-refractivity contribution in [1.82, 2.24) is 14.5 Å². The minimum Gasteiger partial charge on any atom is -0.493 e. The predicted molar refractivity (Wildman–Crippen MR) is 139 cm³/mol. The summed E-state index contributed by atoms with van der Waals surface area (Å²) in [5.74, 6) is 0.591. The van der Waals surface area contributed by atoms with Crippen LogP contribution in [0.25, 0.3) is 10.9 Å². The average molecular weight is 506 g/mol. The molecule has 0 bridgehead atoms. The summed E-state index contributed by atoms with van der Waals surface area (Å²) in [6.45, 7) is 0.487. The number of nitrogens with one attached hydrogen (secondary N) is 1. The largest absolute Gasteiger partial charge is 0.493 e. The van der Waals surface area contributed by atoms with Crippen molar-refractivity contribution >= 4 is 16.8 Å². The summed E-state index contributed by atoms with van der Waals surface area (Å²) < 4.78 is 26.4. The van der Waals surface area contributed by atoms with Gasteiger partial charge in [-0.15, -0.1) is 0 Å². The van der Waals surface area contributed by atoms with Gasteiger partial charge >= 0.3 is 5.69 Å². The molecule has 0 aliphatic heterocycles. The van der Waals surface area contributed by atoms with Gasteiger partial charge in [-0.2, -0.15) is 0 Å². The molecule has 0 aliphatic carbocycles. The Bertz CT molecular complexity index is 1530. The number of aromatic nitrogens is 2. The Kier molecular flexibility index (Phi) is 8.02. The van der Waals surface area contributed by atoms with Gasteiger partial charge < -0.3 is 14.8 Å². The summed E-state index contributed by atoms with van der Waals surface area (Å²) >= 11 is 0. The van der Waals surface area contributed by atoms with Gasteiger partial charge in [0.2, 0.25) is 5.91 Å². The number of rotatable bonds is 10. The van der Waals surface area contributed by atoms with Gasteiger partial charge in [-0.05, 0) is 53.9 Å². The summed E-state index contributed by atoms with van der Waals surface area (Å²) in [5.41, 5.74) is 1.19. The summed E-state index contributed by atoms with van der Waals surface area (Å²) in [5, 5.41) is 3.21. The maximum absolute atomic E-state index is 13.3. The standard InChI is InChI=1S/C28H28FN3O5/c1-36-24-12-9-19(17-25(24)37-2)13-15-30-26(33)14-16-31-27(34)22-5-3-4-6-23(22)32(28(31)35)18-20-7-10-21(29)11-8-20/h3-12,17H,13-16,18H2,1-2H3,(H,30,33). The summed E-state index contributed by atoms with van der Waals surface area (Å²) in [7, 11) is 3.13. The van der Waals surface area contributed by atoms with Gasteiger partial charge in [-0.1, -0.05) is 30.3 Å². The summed E-state index contributed by atoms with van der Waals surface area (Å²) in [6, 6.07) is 18.2. The molecule has 4 rings (SSSR count). The Morgan fingerprint density at radius 1 is 0.892 bits per heavy atom. The fourth-order valence-electron chi connectivity index (χ4n) is 4.18. The van der Waals surface area contributed by atoms with Crippen LogP contribution in [0.5, 0.6) is 11.5 Å². The molecule has 1 heterocycles. The average Bonchev–Trinajstić information content (AvgIpc) is 2.92. The molecule has 192 valence electrons. The number of hydrogen-bond acceptors (Lipinski definition) is 5. The normalized spacial score (nSPS) is 10.9. The highest BCUT2D eigenvalue weighted by atomic mass is 19.1. The first-order valence-electron chi connectivity index (χ1n) is 11.9. The molecule has 0 unspecified atom stereocenters. The molecule has 3 aromatic carbocycles. The van der Waals surface area contributed by atoms with Crippen molar-refractivity contribution in [3.63, 3.8) is 0 Å². The second-order valence-corrected chi connectivity index (χ2v) is 8.51. The Morgan fingerprint density at radius 3 is 2.32 bits per heavy atom. The third-order valence-corrected chi connectivity index (χ3v) is 6.13. The van der Waals surface area contributed by atoms with E-state index in [-0.39, 0.29) is 31.2 Å². The fourth-order valence-corrected chi connectivity index (χ4v) is 4.18. The first-order valence-corrected chi connectivity index (χ1v) is 11.9. The van der Waals surface area contributed by atoms with E-state index in [9.17, 15) is 18.8 Å². The zero-order valence-corrected chi connectivity index (χ0v) is 20.7. The third kappa shape index (κ3) is 5.88. The lowest BCUT2D eigenvalue weighted by Gasteiger charge is -2.14. The van der Waals surface area contributed by atoms with Crippen molar-refractivity contribution in [2.24, 2.45) is 0 Å². The molecule has 0 saturated carbocycles. The van der Waals surface area contributed by atoms with Gasteiger partial charge in [-0.25, -0.2) is 9.18 Å². The number of para-hydroxylation sites is 1. The zero-order chi connectivity index (χ0) is 26.4. The van der Waals surface area contributed by atoms with Gasteiger partial charge in [0.15, 0.2) is 11.5 Å². The number of fused-ring (bicyclic) bond motifs is 1. The highest BCUT2D eigenvalue weighted by Crippen LogP contribution is 2.27. The molecular formula is C28H28FN3O5. The monoisotopic (exact) mass is 505 g/mol. The van der Waals surface area contributed by atoms with Crippen molar-refractivity contribution in [2.45, 2.75) is 25.9 Å². The molecule has 0 saturated heterocycles. The van der Waals surface area contributed by atoms with E-state index in [0.29, 0.717) is 40.9 Å². The minimum atomic E-state index is -0.522. The number of benzene rings is 3. The molecule has 9 heteroatoms. The van der Waals surface area contributed by atoms with Crippen LogP contribution in [0.1, 0.15) is 17.5 Å². The maximum Gasteiger partial charge on any atom is 0.331 e. The number of methoxy groups -OCH3 is 2. The quantitative estimate of drug-likeness (QED) is 0.358. The Hall–Kier alpha value is -4.40. The number of halogens is 1. The van der Waals surface area contributed by atoms with E-state index in [0.717, 1.165) is 10.1 Å². The van der Waals surface area contributed by atoms with Crippen LogP contribution in [0.2, 0.25) is 0 Å². The van der Waals surface area contributed by atoms with Crippen LogP contribution in [0.4, 0.5) is 4.39 Å². The molecule has 0 aliphatic rings. The van der Waals surface area contributed by atoms with Crippen LogP contribution in [0.15, 0.2) is 76.3 Å². The van der Waals surface area contributed by atoms with Crippen LogP contribution in [-0.4, -0.2) is 35.8 Å². The van der Waals surface area contributed by atoms with E-state index in [2.05, 4.69) is 5.32 Å². The van der Waals surface area contributed by atoms with Gasteiger partial charge in [0.25, 0.3) is 5.56 Å². The summed E-state index contributed by atoms with van der Waals surface area (Å²) in [6.07, 6.45) is 0.544. The number of nitrogens with zero attached hydrogens (tertiary/aromatic N) is 2. The second kappa shape index (κ2) is 11.6. The highest BCUT2D eigenvalue weighted by Gasteiger charge is 2.14. The maximum atomic E-state index is 13.3.